The molecule has 0 bridgehead atoms. The third-order valence-electron chi connectivity index (χ3n) is 5.86. The van der Waals surface area contributed by atoms with Crippen LogP contribution in [0.5, 0.6) is 0 Å². The molecule has 2 heterocycles. The second-order valence-corrected chi connectivity index (χ2v) is 8.56. The summed E-state index contributed by atoms with van der Waals surface area (Å²) in [5, 5.41) is 5.89. The Morgan fingerprint density at radius 3 is 2.27 bits per heavy atom. The standard InChI is InChI=1S/C26H31N5O2/c32-25(19-30-14-4-2-1-3-5-15-30)28-23-9-11-24(12-10-23)29-26(33)22-8-6-7-21(17-22)18-31-16-13-27-20-31/h6-13,16-17,20H,1-5,14-15,18-19H2,(H,28,32)(H,29,33). The zero-order valence-corrected chi connectivity index (χ0v) is 18.9. The Morgan fingerprint density at radius 2 is 1.58 bits per heavy atom. The first-order chi connectivity index (χ1) is 16.2. The largest absolute Gasteiger partial charge is 0.333 e. The number of aromatic nitrogens is 2. The maximum Gasteiger partial charge on any atom is 0.255 e. The van der Waals surface area contributed by atoms with Gasteiger partial charge in [0.15, 0.2) is 0 Å². The van der Waals surface area contributed by atoms with Gasteiger partial charge in [0, 0.05) is 35.9 Å². The van der Waals surface area contributed by atoms with E-state index in [1.54, 1.807) is 30.7 Å². The number of nitrogens with one attached hydrogen (secondary N) is 2. The molecule has 1 aromatic heterocycles. The maximum absolute atomic E-state index is 12.7. The molecule has 0 unspecified atom stereocenters. The third-order valence-corrected chi connectivity index (χ3v) is 5.86. The first kappa shape index (κ1) is 22.7. The van der Waals surface area contributed by atoms with Crippen molar-refractivity contribution >= 4 is 23.2 Å². The van der Waals surface area contributed by atoms with Gasteiger partial charge in [-0.2, -0.15) is 0 Å². The number of likely N-dealkylation sites (tertiary alicyclic amines) is 1. The zero-order chi connectivity index (χ0) is 22.9. The van der Waals surface area contributed by atoms with E-state index in [2.05, 4.69) is 20.5 Å². The summed E-state index contributed by atoms with van der Waals surface area (Å²) in [5.41, 5.74) is 3.03. The molecule has 3 aromatic rings. The van der Waals surface area contributed by atoms with Crippen LogP contribution in [0, 0.1) is 0 Å². The molecule has 33 heavy (non-hydrogen) atoms. The Hall–Kier alpha value is -3.45. The van der Waals surface area contributed by atoms with Crippen LogP contribution in [0.1, 0.15) is 48.0 Å². The van der Waals surface area contributed by atoms with E-state index in [0.29, 0.717) is 24.3 Å². The number of carbonyl (C=O) groups excluding carboxylic acids is 2. The predicted octanol–water partition coefficient (Wildman–Crippen LogP) is 4.39. The molecule has 0 saturated carbocycles. The van der Waals surface area contributed by atoms with Crippen molar-refractivity contribution in [3.05, 3.63) is 78.4 Å². The van der Waals surface area contributed by atoms with Crippen LogP contribution in [0.4, 0.5) is 11.4 Å². The molecule has 0 aliphatic carbocycles. The van der Waals surface area contributed by atoms with E-state index in [-0.39, 0.29) is 11.8 Å². The number of anilines is 2. The Balaban J connectivity index is 1.29. The van der Waals surface area contributed by atoms with Crippen molar-refractivity contribution in [1.29, 1.82) is 0 Å². The van der Waals surface area contributed by atoms with Gasteiger partial charge in [-0.3, -0.25) is 14.5 Å². The number of rotatable bonds is 7. The van der Waals surface area contributed by atoms with Gasteiger partial charge in [0.2, 0.25) is 5.91 Å². The minimum Gasteiger partial charge on any atom is -0.333 e. The van der Waals surface area contributed by atoms with Gasteiger partial charge >= 0.3 is 0 Å². The molecule has 1 aliphatic rings. The number of benzene rings is 2. The fourth-order valence-corrected chi connectivity index (χ4v) is 4.12. The molecule has 0 spiro atoms. The average molecular weight is 446 g/mol. The summed E-state index contributed by atoms with van der Waals surface area (Å²) in [6.45, 7) is 3.06. The van der Waals surface area contributed by atoms with E-state index in [1.807, 2.05) is 41.1 Å². The zero-order valence-electron chi connectivity index (χ0n) is 18.9. The molecule has 2 amide bonds. The van der Waals surface area contributed by atoms with Crippen molar-refractivity contribution in [2.75, 3.05) is 30.3 Å². The van der Waals surface area contributed by atoms with E-state index < -0.39 is 0 Å². The van der Waals surface area contributed by atoms with Crippen LogP contribution in [0.25, 0.3) is 0 Å². The van der Waals surface area contributed by atoms with Crippen LogP contribution in [0.15, 0.2) is 67.3 Å². The van der Waals surface area contributed by atoms with Crippen molar-refractivity contribution in [3.63, 3.8) is 0 Å². The van der Waals surface area contributed by atoms with Crippen molar-refractivity contribution in [1.82, 2.24) is 14.5 Å². The second kappa shape index (κ2) is 11.4. The maximum atomic E-state index is 12.7. The molecule has 7 nitrogen and oxygen atoms in total. The molecule has 7 heteroatoms. The van der Waals surface area contributed by atoms with E-state index >= 15 is 0 Å². The Labute approximate surface area is 194 Å². The van der Waals surface area contributed by atoms with Crippen LogP contribution in [0.2, 0.25) is 0 Å². The van der Waals surface area contributed by atoms with Gasteiger partial charge in [0.1, 0.15) is 0 Å². The molecular weight excluding hydrogens is 414 g/mol. The van der Waals surface area contributed by atoms with E-state index in [1.165, 1.54) is 19.3 Å². The van der Waals surface area contributed by atoms with Crippen molar-refractivity contribution < 1.29 is 9.59 Å². The summed E-state index contributed by atoms with van der Waals surface area (Å²) in [5.74, 6) is -0.168. The van der Waals surface area contributed by atoms with Gasteiger partial charge in [0.25, 0.3) is 5.91 Å². The van der Waals surface area contributed by atoms with Gasteiger partial charge in [-0.25, -0.2) is 4.98 Å². The van der Waals surface area contributed by atoms with E-state index in [0.717, 1.165) is 37.2 Å². The van der Waals surface area contributed by atoms with Crippen molar-refractivity contribution in [2.45, 2.75) is 38.6 Å². The van der Waals surface area contributed by atoms with Crippen molar-refractivity contribution in [3.8, 4) is 0 Å². The fourth-order valence-electron chi connectivity index (χ4n) is 4.12. The summed E-state index contributed by atoms with van der Waals surface area (Å²) in [6.07, 6.45) is 11.5. The van der Waals surface area contributed by atoms with Gasteiger partial charge in [0.05, 0.1) is 12.9 Å². The third kappa shape index (κ3) is 7.02. The molecule has 172 valence electrons. The summed E-state index contributed by atoms with van der Waals surface area (Å²) < 4.78 is 1.96. The molecular formula is C26H31N5O2. The second-order valence-electron chi connectivity index (χ2n) is 8.56. The minimum atomic E-state index is -0.170. The first-order valence-corrected chi connectivity index (χ1v) is 11.6. The van der Waals surface area contributed by atoms with Gasteiger partial charge < -0.3 is 15.2 Å². The molecule has 2 N–H and O–H groups in total. The summed E-state index contributed by atoms with van der Waals surface area (Å²) >= 11 is 0. The van der Waals surface area contributed by atoms with Crippen LogP contribution >= 0.6 is 0 Å². The number of imidazole rings is 1. The normalized spacial score (nSPS) is 14.8. The van der Waals surface area contributed by atoms with Crippen LogP contribution < -0.4 is 10.6 Å². The molecule has 1 aliphatic heterocycles. The van der Waals surface area contributed by atoms with E-state index in [9.17, 15) is 9.59 Å². The first-order valence-electron chi connectivity index (χ1n) is 11.6. The van der Waals surface area contributed by atoms with Gasteiger partial charge in [-0.05, 0) is 67.9 Å². The average Bonchev–Trinajstić information content (AvgIpc) is 3.30. The molecule has 2 aromatic carbocycles. The highest BCUT2D eigenvalue weighted by Crippen LogP contribution is 2.16. The Morgan fingerprint density at radius 1 is 0.879 bits per heavy atom. The summed E-state index contributed by atoms with van der Waals surface area (Å²) in [6, 6.07) is 14.8. The number of amides is 2. The lowest BCUT2D eigenvalue weighted by Gasteiger charge is -2.23. The van der Waals surface area contributed by atoms with Crippen molar-refractivity contribution in [2.24, 2.45) is 0 Å². The summed E-state index contributed by atoms with van der Waals surface area (Å²) in [4.78, 5) is 31.4. The molecule has 4 rings (SSSR count). The monoisotopic (exact) mass is 445 g/mol. The minimum absolute atomic E-state index is 0.00191. The van der Waals surface area contributed by atoms with Crippen LogP contribution in [-0.2, 0) is 11.3 Å². The Bertz CT molecular complexity index is 1040. The number of hydrogen-bond donors (Lipinski definition) is 2. The highest BCUT2D eigenvalue weighted by Gasteiger charge is 2.13. The highest BCUT2D eigenvalue weighted by atomic mass is 16.2. The lowest BCUT2D eigenvalue weighted by molar-refractivity contribution is -0.117. The molecule has 1 saturated heterocycles. The predicted molar refractivity (Wildman–Crippen MR) is 130 cm³/mol. The van der Waals surface area contributed by atoms with Gasteiger partial charge in [-0.15, -0.1) is 0 Å². The molecule has 1 fully saturated rings. The molecule has 0 radical (unpaired) electrons. The SMILES string of the molecule is O=C(CN1CCCCCCC1)Nc1ccc(NC(=O)c2cccc(Cn3ccnc3)c2)cc1. The summed E-state index contributed by atoms with van der Waals surface area (Å²) in [7, 11) is 0. The number of hydrogen-bond acceptors (Lipinski definition) is 4. The highest BCUT2D eigenvalue weighted by molar-refractivity contribution is 6.04. The fraction of sp³-hybridized carbons (Fsp3) is 0.346. The van der Waals surface area contributed by atoms with Gasteiger partial charge in [-0.1, -0.05) is 31.4 Å². The lowest BCUT2D eigenvalue weighted by Crippen LogP contribution is -2.35. The number of carbonyl (C=O) groups is 2. The lowest BCUT2D eigenvalue weighted by atomic mass is 10.1. The number of nitrogens with zero attached hydrogens (tertiary/aromatic N) is 3. The van der Waals surface area contributed by atoms with Crippen LogP contribution in [-0.4, -0.2) is 45.9 Å². The smallest absolute Gasteiger partial charge is 0.255 e. The topological polar surface area (TPSA) is 79.3 Å². The van der Waals surface area contributed by atoms with E-state index in [4.69, 9.17) is 0 Å². The van der Waals surface area contributed by atoms with Crippen LogP contribution in [0.3, 0.4) is 0 Å². The molecule has 0 atom stereocenters. The quantitative estimate of drug-likeness (QED) is 0.565. The Kier molecular flexibility index (Phi) is 7.87.